The number of para-hydroxylation sites is 1. The fourth-order valence-corrected chi connectivity index (χ4v) is 2.79. The van der Waals surface area contributed by atoms with Gasteiger partial charge in [-0.05, 0) is 25.5 Å². The number of halogens is 1. The molecule has 0 unspecified atom stereocenters. The molecule has 1 saturated heterocycles. The van der Waals surface area contributed by atoms with Gasteiger partial charge in [0, 0.05) is 38.0 Å². The van der Waals surface area contributed by atoms with Gasteiger partial charge in [0.15, 0.2) is 5.96 Å². The van der Waals surface area contributed by atoms with E-state index in [1.54, 1.807) is 0 Å². The van der Waals surface area contributed by atoms with Gasteiger partial charge in [0.05, 0.1) is 6.10 Å². The second-order valence-electron chi connectivity index (χ2n) is 5.62. The van der Waals surface area contributed by atoms with E-state index >= 15 is 0 Å². The van der Waals surface area contributed by atoms with E-state index in [-0.39, 0.29) is 30.1 Å². The van der Waals surface area contributed by atoms with Gasteiger partial charge in [0.2, 0.25) is 0 Å². The van der Waals surface area contributed by atoms with Crippen LogP contribution in [0.2, 0.25) is 0 Å². The predicted octanol–water partition coefficient (Wildman–Crippen LogP) is 2.63. The number of hydrogen-bond acceptors (Lipinski definition) is 3. The van der Waals surface area contributed by atoms with Crippen molar-refractivity contribution in [3.05, 3.63) is 36.1 Å². The minimum absolute atomic E-state index is 0. The lowest BCUT2D eigenvalue weighted by Gasteiger charge is -2.20. The first-order valence-corrected chi connectivity index (χ1v) is 7.95. The fraction of sp³-hybridized carbons (Fsp3) is 0.471. The molecule has 0 spiro atoms. The van der Waals surface area contributed by atoms with E-state index in [9.17, 15) is 5.11 Å². The van der Waals surface area contributed by atoms with Crippen LogP contribution in [0.3, 0.4) is 0 Å². The summed E-state index contributed by atoms with van der Waals surface area (Å²) in [7, 11) is 0. The highest BCUT2D eigenvalue weighted by Crippen LogP contribution is 2.19. The average molecular weight is 429 g/mol. The summed E-state index contributed by atoms with van der Waals surface area (Å²) in [4.78, 5) is 6.77. The monoisotopic (exact) mass is 429 g/mol. The highest BCUT2D eigenvalue weighted by atomic mass is 127. The molecule has 126 valence electrons. The minimum atomic E-state index is -0.237. The van der Waals surface area contributed by atoms with Crippen molar-refractivity contribution in [3.63, 3.8) is 0 Å². The van der Waals surface area contributed by atoms with Crippen LogP contribution in [0, 0.1) is 0 Å². The van der Waals surface area contributed by atoms with Crippen LogP contribution in [0.25, 0.3) is 11.0 Å². The molecule has 2 N–H and O–H groups in total. The van der Waals surface area contributed by atoms with Crippen LogP contribution in [0.15, 0.2) is 39.7 Å². The zero-order valence-electron chi connectivity index (χ0n) is 13.4. The summed E-state index contributed by atoms with van der Waals surface area (Å²) in [6, 6.07) is 10.1. The van der Waals surface area contributed by atoms with Gasteiger partial charge in [-0.15, -0.1) is 24.0 Å². The third-order valence-electron chi connectivity index (χ3n) is 3.89. The number of aliphatic hydroxyl groups excluding tert-OH is 1. The highest BCUT2D eigenvalue weighted by Gasteiger charge is 2.22. The van der Waals surface area contributed by atoms with Crippen molar-refractivity contribution in [2.24, 2.45) is 4.99 Å². The number of likely N-dealkylation sites (tertiary alicyclic amines) is 1. The topological polar surface area (TPSA) is 61.0 Å². The number of benzene rings is 1. The normalized spacial score (nSPS) is 18.3. The van der Waals surface area contributed by atoms with Crippen LogP contribution in [0.4, 0.5) is 0 Å². The number of aliphatic hydroxyl groups is 1. The van der Waals surface area contributed by atoms with E-state index in [1.165, 1.54) is 0 Å². The molecule has 6 heteroatoms. The third kappa shape index (κ3) is 4.60. The molecule has 1 fully saturated rings. The average Bonchev–Trinajstić information content (AvgIpc) is 3.12. The number of fused-ring (bicyclic) bond motifs is 1. The molecule has 1 aromatic heterocycles. The van der Waals surface area contributed by atoms with Crippen LogP contribution in [0.1, 0.15) is 19.1 Å². The Morgan fingerprint density at radius 2 is 2.26 bits per heavy atom. The summed E-state index contributed by atoms with van der Waals surface area (Å²) >= 11 is 0. The maximum atomic E-state index is 9.66. The maximum Gasteiger partial charge on any atom is 0.194 e. The lowest BCUT2D eigenvalue weighted by Crippen LogP contribution is -2.40. The molecule has 0 amide bonds. The van der Waals surface area contributed by atoms with Gasteiger partial charge in [-0.1, -0.05) is 18.2 Å². The zero-order chi connectivity index (χ0) is 15.4. The Bertz CT molecular complexity index is 623. The molecule has 0 saturated carbocycles. The van der Waals surface area contributed by atoms with Crippen molar-refractivity contribution in [1.29, 1.82) is 0 Å². The van der Waals surface area contributed by atoms with Crippen molar-refractivity contribution in [3.8, 4) is 0 Å². The van der Waals surface area contributed by atoms with Crippen LogP contribution in [-0.4, -0.2) is 48.2 Å². The molecule has 1 aromatic carbocycles. The number of nitrogens with zero attached hydrogens (tertiary/aromatic N) is 2. The van der Waals surface area contributed by atoms with Crippen molar-refractivity contribution >= 4 is 40.9 Å². The van der Waals surface area contributed by atoms with E-state index in [1.807, 2.05) is 18.2 Å². The quantitative estimate of drug-likeness (QED) is 0.446. The molecular formula is C17H24IN3O2. The van der Waals surface area contributed by atoms with Crippen LogP contribution in [0.5, 0.6) is 0 Å². The number of hydrogen-bond donors (Lipinski definition) is 2. The molecule has 5 nitrogen and oxygen atoms in total. The van der Waals surface area contributed by atoms with Crippen molar-refractivity contribution in [1.82, 2.24) is 10.2 Å². The number of guanidine groups is 1. The summed E-state index contributed by atoms with van der Waals surface area (Å²) in [5.74, 6) is 1.84. The van der Waals surface area contributed by atoms with E-state index < -0.39 is 0 Å². The summed E-state index contributed by atoms with van der Waals surface area (Å²) in [5.41, 5.74) is 0.927. The number of furan rings is 1. The minimum Gasteiger partial charge on any atom is -0.461 e. The number of rotatable bonds is 4. The zero-order valence-corrected chi connectivity index (χ0v) is 15.7. The van der Waals surface area contributed by atoms with Gasteiger partial charge in [0.25, 0.3) is 0 Å². The summed E-state index contributed by atoms with van der Waals surface area (Å²) < 4.78 is 5.81. The van der Waals surface area contributed by atoms with Crippen LogP contribution in [-0.2, 0) is 6.42 Å². The highest BCUT2D eigenvalue weighted by molar-refractivity contribution is 14.0. The first kappa shape index (κ1) is 18.1. The van der Waals surface area contributed by atoms with Gasteiger partial charge in [-0.3, -0.25) is 4.99 Å². The maximum absolute atomic E-state index is 9.66. The van der Waals surface area contributed by atoms with Gasteiger partial charge >= 0.3 is 0 Å². The van der Waals surface area contributed by atoms with Gasteiger partial charge in [-0.25, -0.2) is 0 Å². The van der Waals surface area contributed by atoms with Crippen molar-refractivity contribution < 1.29 is 9.52 Å². The second kappa shape index (κ2) is 8.54. The second-order valence-corrected chi connectivity index (χ2v) is 5.62. The van der Waals surface area contributed by atoms with Gasteiger partial charge in [-0.2, -0.15) is 0 Å². The summed E-state index contributed by atoms with van der Waals surface area (Å²) in [5, 5.41) is 14.1. The molecule has 23 heavy (non-hydrogen) atoms. The SMILES string of the molecule is CCNC(=NCCc1cc2ccccc2o1)N1CC[C@@H](O)C1.I. The molecule has 3 rings (SSSR count). The van der Waals surface area contributed by atoms with E-state index in [0.717, 1.165) is 48.6 Å². The molecular weight excluding hydrogens is 405 g/mol. The van der Waals surface area contributed by atoms with Crippen LogP contribution < -0.4 is 5.32 Å². The molecule has 0 radical (unpaired) electrons. The Hall–Kier alpha value is -1.28. The van der Waals surface area contributed by atoms with E-state index in [4.69, 9.17) is 4.42 Å². The Balaban J connectivity index is 0.00000192. The number of nitrogens with one attached hydrogen (secondary N) is 1. The number of aliphatic imine (C=N–C) groups is 1. The van der Waals surface area contributed by atoms with Gasteiger partial charge in [0.1, 0.15) is 11.3 Å². The standard InChI is InChI=1S/C17H23N3O2.HI/c1-2-18-17(20-10-8-14(21)12-20)19-9-7-15-11-13-5-3-4-6-16(13)22-15;/h3-6,11,14,21H,2,7-10,12H2,1H3,(H,18,19);1H/t14-;/m1./s1. The molecule has 1 atom stereocenters. The Labute approximate surface area is 153 Å². The summed E-state index contributed by atoms with van der Waals surface area (Å²) in [6.45, 7) is 5.08. The Kier molecular flexibility index (Phi) is 6.71. The van der Waals surface area contributed by atoms with E-state index in [2.05, 4.69) is 34.3 Å². The lowest BCUT2D eigenvalue weighted by atomic mass is 10.2. The Morgan fingerprint density at radius 1 is 1.43 bits per heavy atom. The number of β-amino-alcohol motifs (C(OH)–C–C–N with tert-alkyl or cyclic N) is 1. The first-order chi connectivity index (χ1) is 10.8. The molecule has 1 aliphatic heterocycles. The predicted molar refractivity (Wildman–Crippen MR) is 104 cm³/mol. The fourth-order valence-electron chi connectivity index (χ4n) is 2.79. The molecule has 2 heterocycles. The molecule has 0 bridgehead atoms. The summed E-state index contributed by atoms with van der Waals surface area (Å²) in [6.07, 6.45) is 1.35. The largest absolute Gasteiger partial charge is 0.461 e. The van der Waals surface area contributed by atoms with Crippen molar-refractivity contribution in [2.75, 3.05) is 26.2 Å². The molecule has 0 aliphatic carbocycles. The first-order valence-electron chi connectivity index (χ1n) is 7.95. The van der Waals surface area contributed by atoms with E-state index in [0.29, 0.717) is 13.1 Å². The molecule has 1 aliphatic rings. The smallest absolute Gasteiger partial charge is 0.194 e. The molecule has 2 aromatic rings. The third-order valence-corrected chi connectivity index (χ3v) is 3.89. The van der Waals surface area contributed by atoms with Crippen molar-refractivity contribution in [2.45, 2.75) is 25.9 Å². The lowest BCUT2D eigenvalue weighted by molar-refractivity contribution is 0.188. The van der Waals surface area contributed by atoms with Gasteiger partial charge < -0.3 is 19.7 Å². The van der Waals surface area contributed by atoms with Crippen LogP contribution >= 0.6 is 24.0 Å². The Morgan fingerprint density at radius 3 is 2.96 bits per heavy atom.